The number of benzene rings is 2. The Bertz CT molecular complexity index is 765. The molecule has 132 valence electrons. The van der Waals surface area contributed by atoms with E-state index in [1.807, 2.05) is 0 Å². The van der Waals surface area contributed by atoms with Gasteiger partial charge in [-0.25, -0.2) is 0 Å². The largest absolute Gasteiger partial charge is 0.507 e. The van der Waals surface area contributed by atoms with Gasteiger partial charge in [0.05, 0.1) is 5.69 Å². The molecule has 0 unspecified atom stereocenters. The summed E-state index contributed by atoms with van der Waals surface area (Å²) in [5.41, 5.74) is 4.77. The molecule has 2 nitrogen and oxygen atoms in total. The van der Waals surface area contributed by atoms with E-state index >= 15 is 0 Å². The van der Waals surface area contributed by atoms with Crippen LogP contribution in [0.5, 0.6) is 5.75 Å². The molecule has 0 saturated heterocycles. The molecule has 2 aromatic carbocycles. The molecule has 0 atom stereocenters. The maximum atomic E-state index is 10.5. The Labute approximate surface area is 155 Å². The van der Waals surface area contributed by atoms with Crippen LogP contribution in [0.1, 0.15) is 61.8 Å². The zero-order valence-corrected chi connectivity index (χ0v) is 16.1. The van der Waals surface area contributed by atoms with Crippen molar-refractivity contribution in [2.24, 2.45) is 4.99 Å². The SMILES string of the molecule is C=CCc1cc(Cl)cc(C=Nc2c(C(C)C)cccc2C(C)C)c1O. The van der Waals surface area contributed by atoms with Gasteiger partial charge in [0.25, 0.3) is 0 Å². The number of allylic oxidation sites excluding steroid dienone is 1. The van der Waals surface area contributed by atoms with Crippen molar-refractivity contribution < 1.29 is 5.11 Å². The molecule has 0 fully saturated rings. The fourth-order valence-electron chi connectivity index (χ4n) is 2.88. The maximum Gasteiger partial charge on any atom is 0.127 e. The Hall–Kier alpha value is -2.06. The van der Waals surface area contributed by atoms with Gasteiger partial charge in [-0.3, -0.25) is 4.99 Å². The molecule has 0 amide bonds. The molecule has 0 aromatic heterocycles. The molecule has 25 heavy (non-hydrogen) atoms. The van der Waals surface area contributed by atoms with Gasteiger partial charge in [0.2, 0.25) is 0 Å². The summed E-state index contributed by atoms with van der Waals surface area (Å²) in [5.74, 6) is 0.950. The van der Waals surface area contributed by atoms with Crippen molar-refractivity contribution >= 4 is 23.5 Å². The van der Waals surface area contributed by atoms with Gasteiger partial charge in [-0.05, 0) is 47.1 Å². The Morgan fingerprint density at radius 2 is 1.72 bits per heavy atom. The van der Waals surface area contributed by atoms with E-state index < -0.39 is 0 Å². The summed E-state index contributed by atoms with van der Waals surface area (Å²) in [7, 11) is 0. The third-order valence-electron chi connectivity index (χ3n) is 4.22. The molecular weight excluding hydrogens is 330 g/mol. The molecule has 1 N–H and O–H groups in total. The summed E-state index contributed by atoms with van der Waals surface area (Å²) in [5, 5.41) is 11.1. The van der Waals surface area contributed by atoms with Gasteiger partial charge in [-0.15, -0.1) is 6.58 Å². The van der Waals surface area contributed by atoms with E-state index in [0.29, 0.717) is 28.8 Å². The van der Waals surface area contributed by atoms with Crippen LogP contribution in [0, 0.1) is 0 Å². The number of hydrogen-bond acceptors (Lipinski definition) is 2. The Morgan fingerprint density at radius 3 is 2.24 bits per heavy atom. The number of para-hydroxylation sites is 1. The topological polar surface area (TPSA) is 32.6 Å². The second kappa shape index (κ2) is 8.35. The number of phenolic OH excluding ortho intramolecular Hbond substituents is 1. The van der Waals surface area contributed by atoms with E-state index in [-0.39, 0.29) is 5.75 Å². The van der Waals surface area contributed by atoms with Crippen molar-refractivity contribution in [2.45, 2.75) is 46.0 Å². The van der Waals surface area contributed by atoms with Crippen LogP contribution in [-0.4, -0.2) is 11.3 Å². The zero-order valence-electron chi connectivity index (χ0n) is 15.4. The van der Waals surface area contributed by atoms with Crippen molar-refractivity contribution in [3.63, 3.8) is 0 Å². The van der Waals surface area contributed by atoms with Gasteiger partial charge >= 0.3 is 0 Å². The standard InChI is InChI=1S/C22H26ClNO/c1-6-8-16-11-18(23)12-17(22(16)25)13-24-21-19(14(2)3)9-7-10-20(21)15(4)5/h6-7,9-15,25H,1,8H2,2-5H3. The highest BCUT2D eigenvalue weighted by Gasteiger charge is 2.13. The number of aromatic hydroxyl groups is 1. The summed E-state index contributed by atoms with van der Waals surface area (Å²) in [6.45, 7) is 12.4. The van der Waals surface area contributed by atoms with E-state index in [1.54, 1.807) is 24.4 Å². The first kappa shape index (κ1) is 19.3. The highest BCUT2D eigenvalue weighted by atomic mass is 35.5. The number of aliphatic imine (C=N–C) groups is 1. The third kappa shape index (κ3) is 4.52. The summed E-state index contributed by atoms with van der Waals surface area (Å²) >= 11 is 6.20. The van der Waals surface area contributed by atoms with E-state index in [1.165, 1.54) is 11.1 Å². The van der Waals surface area contributed by atoms with E-state index in [2.05, 4.69) is 52.5 Å². The molecule has 0 aliphatic heterocycles. The van der Waals surface area contributed by atoms with E-state index in [4.69, 9.17) is 16.6 Å². The van der Waals surface area contributed by atoms with Crippen molar-refractivity contribution in [1.82, 2.24) is 0 Å². The molecule has 2 rings (SSSR count). The number of hydrogen-bond donors (Lipinski definition) is 1. The lowest BCUT2D eigenvalue weighted by atomic mass is 9.93. The van der Waals surface area contributed by atoms with Crippen LogP contribution in [0.3, 0.4) is 0 Å². The van der Waals surface area contributed by atoms with Crippen molar-refractivity contribution in [1.29, 1.82) is 0 Å². The normalized spacial score (nSPS) is 11.6. The summed E-state index contributed by atoms with van der Waals surface area (Å²) < 4.78 is 0. The predicted molar refractivity (Wildman–Crippen MR) is 109 cm³/mol. The first-order chi connectivity index (χ1) is 11.8. The van der Waals surface area contributed by atoms with Crippen LogP contribution in [-0.2, 0) is 6.42 Å². The lowest BCUT2D eigenvalue weighted by molar-refractivity contribution is 0.469. The quantitative estimate of drug-likeness (QED) is 0.450. The van der Waals surface area contributed by atoms with Crippen LogP contribution in [0.25, 0.3) is 0 Å². The molecule has 0 radical (unpaired) electrons. The van der Waals surface area contributed by atoms with Gasteiger partial charge in [-0.1, -0.05) is 63.6 Å². The fourth-order valence-corrected chi connectivity index (χ4v) is 3.13. The molecule has 0 heterocycles. The van der Waals surface area contributed by atoms with Crippen LogP contribution in [0.4, 0.5) is 5.69 Å². The molecule has 0 saturated carbocycles. The minimum atomic E-state index is 0.209. The fraction of sp³-hybridized carbons (Fsp3) is 0.318. The molecule has 0 aliphatic carbocycles. The highest BCUT2D eigenvalue weighted by Crippen LogP contribution is 2.35. The third-order valence-corrected chi connectivity index (χ3v) is 4.44. The Balaban J connectivity index is 2.55. The summed E-state index contributed by atoms with van der Waals surface area (Å²) in [4.78, 5) is 4.75. The highest BCUT2D eigenvalue weighted by molar-refractivity contribution is 6.31. The number of rotatable bonds is 6. The average Bonchev–Trinajstić information content (AvgIpc) is 2.56. The average molecular weight is 356 g/mol. The summed E-state index contributed by atoms with van der Waals surface area (Å²) in [6.07, 6.45) is 4.02. The van der Waals surface area contributed by atoms with Crippen molar-refractivity contribution in [3.05, 3.63) is 70.3 Å². The van der Waals surface area contributed by atoms with Gasteiger partial charge < -0.3 is 5.11 Å². The molecule has 0 aliphatic rings. The van der Waals surface area contributed by atoms with Gasteiger partial charge in [0.1, 0.15) is 5.75 Å². The van der Waals surface area contributed by atoms with Crippen molar-refractivity contribution in [3.8, 4) is 5.75 Å². The second-order valence-corrected chi connectivity index (χ2v) is 7.28. The first-order valence-electron chi connectivity index (χ1n) is 8.64. The molecule has 3 heteroatoms. The number of nitrogens with zero attached hydrogens (tertiary/aromatic N) is 1. The minimum Gasteiger partial charge on any atom is -0.507 e. The minimum absolute atomic E-state index is 0.209. The number of halogens is 1. The second-order valence-electron chi connectivity index (χ2n) is 6.85. The molecule has 0 spiro atoms. The van der Waals surface area contributed by atoms with E-state index in [0.717, 1.165) is 11.3 Å². The maximum absolute atomic E-state index is 10.5. The van der Waals surface area contributed by atoms with Gasteiger partial charge in [-0.2, -0.15) is 0 Å². The van der Waals surface area contributed by atoms with E-state index in [9.17, 15) is 5.11 Å². The lowest BCUT2D eigenvalue weighted by Gasteiger charge is -2.16. The molecule has 0 bridgehead atoms. The molecular formula is C22H26ClNO. The molecule has 2 aromatic rings. The number of phenols is 1. The predicted octanol–water partition coefficient (Wildman–Crippen LogP) is 6.77. The van der Waals surface area contributed by atoms with Gasteiger partial charge in [0.15, 0.2) is 0 Å². The monoisotopic (exact) mass is 355 g/mol. The van der Waals surface area contributed by atoms with Crippen molar-refractivity contribution in [2.75, 3.05) is 0 Å². The smallest absolute Gasteiger partial charge is 0.127 e. The summed E-state index contributed by atoms with van der Waals surface area (Å²) in [6, 6.07) is 9.81. The lowest BCUT2D eigenvalue weighted by Crippen LogP contribution is -1.96. The Kier molecular flexibility index (Phi) is 6.44. The Morgan fingerprint density at radius 1 is 1.12 bits per heavy atom. The van der Waals surface area contributed by atoms with Crippen LogP contribution in [0.15, 0.2) is 48.0 Å². The zero-order chi connectivity index (χ0) is 18.6. The van der Waals surface area contributed by atoms with Crippen LogP contribution in [0.2, 0.25) is 5.02 Å². The van der Waals surface area contributed by atoms with Gasteiger partial charge in [0, 0.05) is 16.8 Å². The van der Waals surface area contributed by atoms with Crippen LogP contribution < -0.4 is 0 Å². The first-order valence-corrected chi connectivity index (χ1v) is 9.02. The van der Waals surface area contributed by atoms with Crippen LogP contribution >= 0.6 is 11.6 Å².